The van der Waals surface area contributed by atoms with Crippen LogP contribution in [0.1, 0.15) is 47.1 Å². The molecule has 0 aliphatic heterocycles. The molecule has 0 radical (unpaired) electrons. The zero-order valence-electron chi connectivity index (χ0n) is 10.4. The Morgan fingerprint density at radius 1 is 1.07 bits per heavy atom. The standard InChI is InChI=1S/C8H12N2.2C2H6/c1-7(2)5-8-3-4-9-10-6-8;2*1-2/h3-4,6-7H,5H2,1-2H3;2*1-2H3. The van der Waals surface area contributed by atoms with Crippen molar-refractivity contribution >= 4 is 0 Å². The highest BCUT2D eigenvalue weighted by Gasteiger charge is 1.95. The van der Waals surface area contributed by atoms with Crippen molar-refractivity contribution in [2.75, 3.05) is 0 Å². The fraction of sp³-hybridized carbons (Fsp3) is 0.667. The Bertz CT molecular complexity index is 183. The van der Waals surface area contributed by atoms with Gasteiger partial charge in [0.25, 0.3) is 0 Å². The molecule has 2 nitrogen and oxygen atoms in total. The first kappa shape index (κ1) is 15.5. The number of nitrogens with zero attached hydrogens (tertiary/aromatic N) is 2. The van der Waals surface area contributed by atoms with Crippen LogP contribution in [-0.4, -0.2) is 10.2 Å². The van der Waals surface area contributed by atoms with Crippen molar-refractivity contribution in [3.05, 3.63) is 24.0 Å². The highest BCUT2D eigenvalue weighted by Crippen LogP contribution is 2.03. The van der Waals surface area contributed by atoms with Crippen LogP contribution in [0.5, 0.6) is 0 Å². The largest absolute Gasteiger partial charge is 0.159 e. The van der Waals surface area contributed by atoms with E-state index < -0.39 is 0 Å². The average Bonchev–Trinajstić information content (AvgIpc) is 2.24. The molecule has 0 amide bonds. The minimum absolute atomic E-state index is 0.698. The summed E-state index contributed by atoms with van der Waals surface area (Å²) in [7, 11) is 0. The van der Waals surface area contributed by atoms with Gasteiger partial charge in [-0.25, -0.2) is 0 Å². The molecule has 82 valence electrons. The van der Waals surface area contributed by atoms with Gasteiger partial charge in [0.15, 0.2) is 0 Å². The summed E-state index contributed by atoms with van der Waals surface area (Å²) in [5, 5.41) is 7.49. The van der Waals surface area contributed by atoms with Crippen molar-refractivity contribution in [2.45, 2.75) is 48.0 Å². The van der Waals surface area contributed by atoms with Crippen LogP contribution >= 0.6 is 0 Å². The van der Waals surface area contributed by atoms with Crippen molar-refractivity contribution in [2.24, 2.45) is 5.92 Å². The molecule has 0 aliphatic rings. The van der Waals surface area contributed by atoms with Gasteiger partial charge in [-0.15, -0.1) is 0 Å². The molecule has 0 fully saturated rings. The van der Waals surface area contributed by atoms with Crippen LogP contribution in [-0.2, 0) is 6.42 Å². The van der Waals surface area contributed by atoms with Crippen LogP contribution in [0, 0.1) is 5.92 Å². The zero-order chi connectivity index (χ0) is 11.4. The molecule has 2 heteroatoms. The van der Waals surface area contributed by atoms with Crippen molar-refractivity contribution < 1.29 is 0 Å². The fourth-order valence-electron chi connectivity index (χ4n) is 0.910. The maximum Gasteiger partial charge on any atom is 0.0528 e. The molecule has 0 unspecified atom stereocenters. The molecule has 0 aromatic carbocycles. The molecule has 0 bridgehead atoms. The summed E-state index contributed by atoms with van der Waals surface area (Å²) in [6, 6.07) is 2.01. The quantitative estimate of drug-likeness (QED) is 0.720. The predicted octanol–water partition coefficient (Wildman–Crippen LogP) is 3.73. The van der Waals surface area contributed by atoms with Crippen LogP contribution in [0.4, 0.5) is 0 Å². The Kier molecular flexibility index (Phi) is 13.4. The van der Waals surface area contributed by atoms with Crippen LogP contribution < -0.4 is 0 Å². The lowest BCUT2D eigenvalue weighted by atomic mass is 10.1. The normalized spacial score (nSPS) is 8.21. The van der Waals surface area contributed by atoms with Gasteiger partial charge in [-0.05, 0) is 24.0 Å². The third-order valence-corrected chi connectivity index (χ3v) is 1.29. The molecule has 14 heavy (non-hydrogen) atoms. The van der Waals surface area contributed by atoms with E-state index in [-0.39, 0.29) is 0 Å². The second-order valence-electron chi connectivity index (χ2n) is 2.85. The number of hydrogen-bond donors (Lipinski definition) is 0. The molecule has 0 atom stereocenters. The Balaban J connectivity index is 0. The summed E-state index contributed by atoms with van der Waals surface area (Å²) in [6.07, 6.45) is 4.65. The van der Waals surface area contributed by atoms with Gasteiger partial charge in [0, 0.05) is 6.20 Å². The molecule has 1 rings (SSSR count). The van der Waals surface area contributed by atoms with E-state index in [9.17, 15) is 0 Å². The third-order valence-electron chi connectivity index (χ3n) is 1.29. The highest BCUT2D eigenvalue weighted by atomic mass is 15.1. The van der Waals surface area contributed by atoms with Crippen LogP contribution in [0.15, 0.2) is 18.5 Å². The summed E-state index contributed by atoms with van der Waals surface area (Å²) in [4.78, 5) is 0. The molecule has 1 heterocycles. The van der Waals surface area contributed by atoms with Crippen molar-refractivity contribution in [3.63, 3.8) is 0 Å². The average molecular weight is 196 g/mol. The van der Waals surface area contributed by atoms with Gasteiger partial charge >= 0.3 is 0 Å². The van der Waals surface area contributed by atoms with Gasteiger partial charge in [0.2, 0.25) is 0 Å². The zero-order valence-corrected chi connectivity index (χ0v) is 10.4. The van der Waals surface area contributed by atoms with Gasteiger partial charge < -0.3 is 0 Å². The van der Waals surface area contributed by atoms with E-state index in [0.29, 0.717) is 5.92 Å². The molecule has 0 N–H and O–H groups in total. The first-order valence-electron chi connectivity index (χ1n) is 5.54. The second-order valence-corrected chi connectivity index (χ2v) is 2.85. The molecule has 0 saturated carbocycles. The Hall–Kier alpha value is -0.920. The van der Waals surface area contributed by atoms with Crippen LogP contribution in [0.2, 0.25) is 0 Å². The molecule has 1 aromatic heterocycles. The lowest BCUT2D eigenvalue weighted by Crippen LogP contribution is -1.94. The molecule has 0 saturated heterocycles. The fourth-order valence-corrected chi connectivity index (χ4v) is 0.910. The summed E-state index contributed by atoms with van der Waals surface area (Å²) in [5.74, 6) is 0.698. The molecule has 1 aromatic rings. The van der Waals surface area contributed by atoms with E-state index in [1.807, 2.05) is 40.0 Å². The van der Waals surface area contributed by atoms with E-state index >= 15 is 0 Å². The molecule has 0 aliphatic carbocycles. The topological polar surface area (TPSA) is 25.8 Å². The second kappa shape index (κ2) is 12.1. The lowest BCUT2D eigenvalue weighted by Gasteiger charge is -2.01. The molecular weight excluding hydrogens is 172 g/mol. The van der Waals surface area contributed by atoms with Crippen LogP contribution in [0.25, 0.3) is 0 Å². The Labute approximate surface area is 88.8 Å². The van der Waals surface area contributed by atoms with Gasteiger partial charge in [0.05, 0.1) is 6.20 Å². The summed E-state index contributed by atoms with van der Waals surface area (Å²) < 4.78 is 0. The summed E-state index contributed by atoms with van der Waals surface area (Å²) in [6.45, 7) is 12.4. The SMILES string of the molecule is CC.CC.CC(C)Cc1ccnnc1. The third kappa shape index (κ3) is 9.17. The van der Waals surface area contributed by atoms with Gasteiger partial charge in [0.1, 0.15) is 0 Å². The van der Waals surface area contributed by atoms with E-state index in [4.69, 9.17) is 0 Å². The molecular formula is C12H24N2. The van der Waals surface area contributed by atoms with Gasteiger partial charge in [-0.1, -0.05) is 41.5 Å². The van der Waals surface area contributed by atoms with Crippen molar-refractivity contribution in [1.29, 1.82) is 0 Å². The maximum atomic E-state index is 3.79. The summed E-state index contributed by atoms with van der Waals surface area (Å²) in [5.41, 5.74) is 1.27. The van der Waals surface area contributed by atoms with E-state index in [0.717, 1.165) is 6.42 Å². The Morgan fingerprint density at radius 2 is 1.64 bits per heavy atom. The first-order valence-corrected chi connectivity index (χ1v) is 5.54. The summed E-state index contributed by atoms with van der Waals surface area (Å²) >= 11 is 0. The highest BCUT2D eigenvalue weighted by molar-refractivity contribution is 5.05. The van der Waals surface area contributed by atoms with Gasteiger partial charge in [-0.3, -0.25) is 0 Å². The monoisotopic (exact) mass is 196 g/mol. The van der Waals surface area contributed by atoms with E-state index in [1.54, 1.807) is 6.20 Å². The van der Waals surface area contributed by atoms with Crippen molar-refractivity contribution in [1.82, 2.24) is 10.2 Å². The van der Waals surface area contributed by atoms with Crippen LogP contribution in [0.3, 0.4) is 0 Å². The first-order chi connectivity index (χ1) is 6.79. The minimum atomic E-state index is 0.698. The van der Waals surface area contributed by atoms with Crippen molar-refractivity contribution in [3.8, 4) is 0 Å². The van der Waals surface area contributed by atoms with E-state index in [1.165, 1.54) is 5.56 Å². The predicted molar refractivity (Wildman–Crippen MR) is 63.3 cm³/mol. The number of aromatic nitrogens is 2. The smallest absolute Gasteiger partial charge is 0.0528 e. The number of hydrogen-bond acceptors (Lipinski definition) is 2. The van der Waals surface area contributed by atoms with Gasteiger partial charge in [-0.2, -0.15) is 10.2 Å². The lowest BCUT2D eigenvalue weighted by molar-refractivity contribution is 0.644. The molecule has 0 spiro atoms. The maximum absolute atomic E-state index is 3.79. The number of rotatable bonds is 2. The van der Waals surface area contributed by atoms with E-state index in [2.05, 4.69) is 24.0 Å². The minimum Gasteiger partial charge on any atom is -0.159 e. The Morgan fingerprint density at radius 3 is 2.00 bits per heavy atom.